The van der Waals surface area contributed by atoms with Crippen molar-refractivity contribution < 1.29 is 9.59 Å². The second kappa shape index (κ2) is 6.43. The lowest BCUT2D eigenvalue weighted by Gasteiger charge is -2.11. The van der Waals surface area contributed by atoms with Crippen LogP contribution in [0.1, 0.15) is 19.4 Å². The highest BCUT2D eigenvalue weighted by atomic mass is 35.5. The first kappa shape index (κ1) is 14.6. The molecule has 0 spiro atoms. The average Bonchev–Trinajstić information content (AvgIpc) is 2.21. The summed E-state index contributed by atoms with van der Waals surface area (Å²) in [5.74, 6) is 0.152. The lowest BCUT2D eigenvalue weighted by molar-refractivity contribution is -0.123. The number of ketones is 2. The smallest absolute Gasteiger partial charge is 0.150 e. The molecule has 92 valence electrons. The molecule has 0 fully saturated rings. The number of halogens is 2. The first-order valence-electron chi connectivity index (χ1n) is 4.99. The molecule has 0 aliphatic rings. The summed E-state index contributed by atoms with van der Waals surface area (Å²) in [6.07, 6.45) is 0. The summed E-state index contributed by atoms with van der Waals surface area (Å²) >= 11 is 13.3. The van der Waals surface area contributed by atoms with Crippen molar-refractivity contribution in [3.63, 3.8) is 0 Å². The first-order chi connectivity index (χ1) is 7.93. The number of hydrogen-bond donors (Lipinski definition) is 0. The Bertz CT molecular complexity index is 412. The number of rotatable bonds is 5. The van der Waals surface area contributed by atoms with Crippen LogP contribution in [0.4, 0.5) is 0 Å². The summed E-state index contributed by atoms with van der Waals surface area (Å²) in [6.45, 7) is 2.82. The van der Waals surface area contributed by atoms with Crippen LogP contribution in [0, 0.1) is 0 Å². The molecule has 0 heterocycles. The summed E-state index contributed by atoms with van der Waals surface area (Å²) in [4.78, 5) is 22.5. The Balaban J connectivity index is 2.79. The molecular weight excluding hydrogens is 279 g/mol. The van der Waals surface area contributed by atoms with E-state index in [9.17, 15) is 9.59 Å². The van der Waals surface area contributed by atoms with Gasteiger partial charge in [-0.3, -0.25) is 9.59 Å². The highest BCUT2D eigenvalue weighted by Gasteiger charge is 2.20. The van der Waals surface area contributed by atoms with Crippen molar-refractivity contribution in [1.29, 1.82) is 0 Å². The third-order valence-electron chi connectivity index (χ3n) is 2.19. The van der Waals surface area contributed by atoms with Gasteiger partial charge in [0.2, 0.25) is 0 Å². The second-order valence-electron chi connectivity index (χ2n) is 3.61. The molecule has 1 aromatic rings. The van der Waals surface area contributed by atoms with Gasteiger partial charge >= 0.3 is 0 Å². The number of thioether (sulfide) groups is 1. The molecule has 0 saturated carbocycles. The molecule has 0 saturated heterocycles. The lowest BCUT2D eigenvalue weighted by atomic mass is 10.2. The van der Waals surface area contributed by atoms with Gasteiger partial charge in [-0.25, -0.2) is 0 Å². The van der Waals surface area contributed by atoms with Crippen LogP contribution < -0.4 is 0 Å². The Morgan fingerprint density at radius 2 is 1.65 bits per heavy atom. The van der Waals surface area contributed by atoms with Crippen LogP contribution in [0.2, 0.25) is 10.0 Å². The third-order valence-corrected chi connectivity index (χ3v) is 4.36. The Labute approximate surface area is 115 Å². The van der Waals surface area contributed by atoms with E-state index in [1.54, 1.807) is 18.2 Å². The van der Waals surface area contributed by atoms with Crippen molar-refractivity contribution in [2.24, 2.45) is 0 Å². The van der Waals surface area contributed by atoms with Crippen molar-refractivity contribution in [2.75, 3.05) is 0 Å². The Morgan fingerprint density at radius 3 is 2.06 bits per heavy atom. The fraction of sp³-hybridized carbons (Fsp3) is 0.333. The highest BCUT2D eigenvalue weighted by molar-refractivity contribution is 8.00. The number of Topliss-reactive ketones (excluding diaryl/α,β-unsaturated/α-hetero) is 2. The van der Waals surface area contributed by atoms with Crippen LogP contribution >= 0.6 is 35.0 Å². The molecule has 0 unspecified atom stereocenters. The second-order valence-corrected chi connectivity index (χ2v) is 5.52. The summed E-state index contributed by atoms with van der Waals surface area (Å²) < 4.78 is 0. The molecule has 0 amide bonds. The van der Waals surface area contributed by atoms with Crippen LogP contribution in [-0.2, 0) is 15.3 Å². The fourth-order valence-electron chi connectivity index (χ4n) is 1.36. The van der Waals surface area contributed by atoms with E-state index in [0.29, 0.717) is 15.8 Å². The number of carbonyl (C=O) groups is 2. The van der Waals surface area contributed by atoms with Crippen molar-refractivity contribution in [2.45, 2.75) is 24.9 Å². The van der Waals surface area contributed by atoms with E-state index in [2.05, 4.69) is 0 Å². The van der Waals surface area contributed by atoms with Crippen molar-refractivity contribution in [3.05, 3.63) is 33.8 Å². The highest BCUT2D eigenvalue weighted by Crippen LogP contribution is 2.30. The molecule has 0 aliphatic carbocycles. The summed E-state index contributed by atoms with van der Waals surface area (Å²) in [6, 6.07) is 5.23. The van der Waals surface area contributed by atoms with Gasteiger partial charge in [-0.1, -0.05) is 29.3 Å². The number of hydrogen-bond acceptors (Lipinski definition) is 3. The van der Waals surface area contributed by atoms with Crippen molar-refractivity contribution in [3.8, 4) is 0 Å². The molecule has 0 aliphatic heterocycles. The maximum Gasteiger partial charge on any atom is 0.150 e. The Morgan fingerprint density at radius 1 is 1.18 bits per heavy atom. The van der Waals surface area contributed by atoms with E-state index >= 15 is 0 Å². The molecule has 5 heteroatoms. The molecular formula is C12H12Cl2O2S. The third kappa shape index (κ3) is 4.02. The zero-order valence-corrected chi connectivity index (χ0v) is 11.8. The zero-order valence-electron chi connectivity index (χ0n) is 9.50. The van der Waals surface area contributed by atoms with Gasteiger partial charge in [-0.2, -0.15) is 0 Å². The minimum absolute atomic E-state index is 0.148. The predicted molar refractivity (Wildman–Crippen MR) is 72.9 cm³/mol. The van der Waals surface area contributed by atoms with E-state index < -0.39 is 5.25 Å². The van der Waals surface area contributed by atoms with Gasteiger partial charge in [0, 0.05) is 15.8 Å². The molecule has 0 N–H and O–H groups in total. The average molecular weight is 291 g/mol. The fourth-order valence-corrected chi connectivity index (χ4v) is 3.16. The van der Waals surface area contributed by atoms with Gasteiger partial charge in [0.05, 0.1) is 0 Å². The van der Waals surface area contributed by atoms with E-state index in [-0.39, 0.29) is 11.6 Å². The molecule has 2 nitrogen and oxygen atoms in total. The van der Waals surface area contributed by atoms with Crippen LogP contribution in [0.15, 0.2) is 18.2 Å². The molecule has 0 bridgehead atoms. The van der Waals surface area contributed by atoms with Crippen LogP contribution in [0.5, 0.6) is 0 Å². The summed E-state index contributed by atoms with van der Waals surface area (Å²) in [7, 11) is 0. The lowest BCUT2D eigenvalue weighted by Crippen LogP contribution is -2.22. The SMILES string of the molecule is CC(=O)C(SCc1c(Cl)cccc1Cl)C(C)=O. The Hall–Kier alpha value is -0.510. The van der Waals surface area contributed by atoms with E-state index in [1.165, 1.54) is 25.6 Å². The Kier molecular flexibility index (Phi) is 5.50. The number of benzene rings is 1. The van der Waals surface area contributed by atoms with Crippen LogP contribution in [-0.4, -0.2) is 16.8 Å². The van der Waals surface area contributed by atoms with Crippen LogP contribution in [0.3, 0.4) is 0 Å². The molecule has 1 aromatic carbocycles. The first-order valence-corrected chi connectivity index (χ1v) is 6.79. The molecule has 0 aromatic heterocycles. The van der Waals surface area contributed by atoms with Gasteiger partial charge in [-0.15, -0.1) is 11.8 Å². The van der Waals surface area contributed by atoms with Crippen molar-refractivity contribution >= 4 is 46.5 Å². The molecule has 17 heavy (non-hydrogen) atoms. The number of carbonyl (C=O) groups excluding carboxylic acids is 2. The van der Waals surface area contributed by atoms with E-state index in [4.69, 9.17) is 23.2 Å². The van der Waals surface area contributed by atoms with Crippen LogP contribution in [0.25, 0.3) is 0 Å². The van der Waals surface area contributed by atoms with Gasteiger partial charge in [0.15, 0.2) is 0 Å². The van der Waals surface area contributed by atoms with Gasteiger partial charge in [-0.05, 0) is 31.5 Å². The summed E-state index contributed by atoms with van der Waals surface area (Å²) in [5.41, 5.74) is 0.758. The molecule has 0 atom stereocenters. The van der Waals surface area contributed by atoms with Crippen molar-refractivity contribution in [1.82, 2.24) is 0 Å². The zero-order chi connectivity index (χ0) is 13.0. The monoisotopic (exact) mass is 290 g/mol. The maximum absolute atomic E-state index is 11.3. The van der Waals surface area contributed by atoms with E-state index in [1.807, 2.05) is 0 Å². The van der Waals surface area contributed by atoms with Gasteiger partial charge in [0.1, 0.15) is 16.8 Å². The summed E-state index contributed by atoms with van der Waals surface area (Å²) in [5, 5.41) is 0.467. The van der Waals surface area contributed by atoms with Gasteiger partial charge in [0.25, 0.3) is 0 Å². The molecule has 0 radical (unpaired) electrons. The standard InChI is InChI=1S/C12H12Cl2O2S/c1-7(15)12(8(2)16)17-6-9-10(13)4-3-5-11(9)14/h3-5,12H,6H2,1-2H3. The molecule has 1 rings (SSSR count). The quantitative estimate of drug-likeness (QED) is 0.774. The minimum atomic E-state index is -0.637. The normalized spacial score (nSPS) is 10.6. The van der Waals surface area contributed by atoms with E-state index in [0.717, 1.165) is 5.56 Å². The topological polar surface area (TPSA) is 34.1 Å². The minimum Gasteiger partial charge on any atom is -0.298 e. The van der Waals surface area contributed by atoms with Gasteiger partial charge < -0.3 is 0 Å². The predicted octanol–water partition coefficient (Wildman–Crippen LogP) is 3.77. The maximum atomic E-state index is 11.3. The largest absolute Gasteiger partial charge is 0.298 e.